The molecule has 3 rings (SSSR count). The van der Waals surface area contributed by atoms with Crippen LogP contribution in [-0.2, 0) is 16.1 Å². The van der Waals surface area contributed by atoms with Gasteiger partial charge in [0, 0.05) is 29.4 Å². The summed E-state index contributed by atoms with van der Waals surface area (Å²) in [4.78, 5) is 29.2. The number of hydrogen-bond donors (Lipinski definition) is 1. The van der Waals surface area contributed by atoms with Crippen molar-refractivity contribution in [1.29, 1.82) is 0 Å². The number of anilines is 1. The van der Waals surface area contributed by atoms with Crippen LogP contribution in [0.4, 0.5) is 5.00 Å². The number of allylic oxidation sites excluding steroid dienone is 1. The van der Waals surface area contributed by atoms with Gasteiger partial charge in [-0.05, 0) is 25.1 Å². The quantitative estimate of drug-likeness (QED) is 0.333. The van der Waals surface area contributed by atoms with Crippen molar-refractivity contribution in [2.75, 3.05) is 18.2 Å². The van der Waals surface area contributed by atoms with E-state index in [1.807, 2.05) is 23.6 Å². The van der Waals surface area contributed by atoms with Crippen LogP contribution in [0.5, 0.6) is 0 Å². The molecule has 1 N–H and O–H groups in total. The molecule has 0 aliphatic carbocycles. The Hall–Kier alpha value is -2.98. The predicted molar refractivity (Wildman–Crippen MR) is 113 cm³/mol. The zero-order valence-corrected chi connectivity index (χ0v) is 17.5. The lowest BCUT2D eigenvalue weighted by Gasteiger charge is -2.08. The van der Waals surface area contributed by atoms with Gasteiger partial charge in [-0.2, -0.15) is 0 Å². The van der Waals surface area contributed by atoms with E-state index in [-0.39, 0.29) is 11.7 Å². The average Bonchev–Trinajstić information content (AvgIpc) is 3.30. The molecule has 3 aromatic rings. The highest BCUT2D eigenvalue weighted by Gasteiger charge is 2.19. The number of nitrogens with zero attached hydrogens (tertiary/aromatic N) is 4. The largest absolute Gasteiger partial charge is 0.465 e. The maximum atomic E-state index is 12.4. The number of ether oxygens (including phenoxy) is 1. The molecule has 29 heavy (non-hydrogen) atoms. The van der Waals surface area contributed by atoms with Gasteiger partial charge >= 0.3 is 5.97 Å². The highest BCUT2D eigenvalue weighted by Crippen LogP contribution is 2.29. The number of amides is 1. The number of methoxy groups -OCH3 is 1. The number of thiophene rings is 1. The molecule has 8 nitrogen and oxygen atoms in total. The molecule has 10 heteroatoms. The second kappa shape index (κ2) is 9.48. The minimum Gasteiger partial charge on any atom is -0.465 e. The molecule has 0 aromatic carbocycles. The first-order chi connectivity index (χ1) is 14.0. The Morgan fingerprint density at radius 3 is 2.79 bits per heavy atom. The number of thioether (sulfide) groups is 1. The van der Waals surface area contributed by atoms with Gasteiger partial charge in [0.2, 0.25) is 5.91 Å². The van der Waals surface area contributed by atoms with Gasteiger partial charge in [-0.3, -0.25) is 14.3 Å². The Kier molecular flexibility index (Phi) is 6.78. The monoisotopic (exact) mass is 429 g/mol. The Morgan fingerprint density at radius 2 is 2.10 bits per heavy atom. The number of pyridine rings is 1. The van der Waals surface area contributed by atoms with Gasteiger partial charge in [-0.15, -0.1) is 28.1 Å². The third kappa shape index (κ3) is 4.90. The summed E-state index contributed by atoms with van der Waals surface area (Å²) in [6.07, 6.45) is 5.12. The molecule has 0 aliphatic rings. The molecule has 0 saturated heterocycles. The van der Waals surface area contributed by atoms with Crippen molar-refractivity contribution in [3.8, 4) is 11.4 Å². The second-order valence-electron chi connectivity index (χ2n) is 5.87. The summed E-state index contributed by atoms with van der Waals surface area (Å²) in [5, 5.41) is 12.3. The van der Waals surface area contributed by atoms with Crippen molar-refractivity contribution in [1.82, 2.24) is 19.7 Å². The summed E-state index contributed by atoms with van der Waals surface area (Å²) in [6.45, 7) is 6.15. The van der Waals surface area contributed by atoms with E-state index in [1.165, 1.54) is 30.2 Å². The number of hydrogen-bond acceptors (Lipinski definition) is 8. The minimum atomic E-state index is -0.481. The van der Waals surface area contributed by atoms with Gasteiger partial charge < -0.3 is 10.1 Å². The number of carbonyl (C=O) groups excluding carboxylic acids is 2. The number of aryl methyl sites for hydroxylation is 1. The van der Waals surface area contributed by atoms with Crippen LogP contribution in [0.1, 0.15) is 15.2 Å². The van der Waals surface area contributed by atoms with Gasteiger partial charge in [-0.1, -0.05) is 17.8 Å². The fourth-order valence-electron chi connectivity index (χ4n) is 2.57. The van der Waals surface area contributed by atoms with Crippen LogP contribution in [0.3, 0.4) is 0 Å². The topological polar surface area (TPSA) is 99.0 Å². The molecular weight excluding hydrogens is 410 g/mol. The standard InChI is InChI=1S/C19H19N5O3S2/c1-4-9-24-16(13-5-7-20-8-6-13)22-23-19(24)28-11-15(25)21-17-14(18(26)27-3)10-12(2)29-17/h4-8,10H,1,9,11H2,2-3H3,(H,21,25). The van der Waals surface area contributed by atoms with Crippen molar-refractivity contribution >= 4 is 40.0 Å². The number of aromatic nitrogens is 4. The van der Waals surface area contributed by atoms with Crippen molar-refractivity contribution in [2.45, 2.75) is 18.6 Å². The van der Waals surface area contributed by atoms with Crippen LogP contribution in [-0.4, -0.2) is 44.5 Å². The summed E-state index contributed by atoms with van der Waals surface area (Å²) in [5.74, 6) is 0.0612. The third-order valence-corrected chi connectivity index (χ3v) is 5.75. The zero-order valence-electron chi connectivity index (χ0n) is 15.9. The minimum absolute atomic E-state index is 0.114. The van der Waals surface area contributed by atoms with Gasteiger partial charge in [-0.25, -0.2) is 4.79 Å². The zero-order chi connectivity index (χ0) is 20.8. The summed E-state index contributed by atoms with van der Waals surface area (Å²) in [5.41, 5.74) is 1.23. The smallest absolute Gasteiger partial charge is 0.340 e. The maximum Gasteiger partial charge on any atom is 0.340 e. The molecule has 0 atom stereocenters. The van der Waals surface area contributed by atoms with Gasteiger partial charge in [0.05, 0.1) is 18.4 Å². The van der Waals surface area contributed by atoms with Crippen LogP contribution in [0.15, 0.2) is 48.4 Å². The summed E-state index contributed by atoms with van der Waals surface area (Å²) in [6, 6.07) is 5.39. The molecule has 0 aliphatic heterocycles. The van der Waals surface area contributed by atoms with Gasteiger partial charge in [0.1, 0.15) is 5.00 Å². The Balaban J connectivity index is 1.72. The van der Waals surface area contributed by atoms with Crippen LogP contribution in [0, 0.1) is 6.92 Å². The van der Waals surface area contributed by atoms with E-state index >= 15 is 0 Å². The SMILES string of the molecule is C=CCn1c(SCC(=O)Nc2sc(C)cc2C(=O)OC)nnc1-c1ccncc1. The van der Waals surface area contributed by atoms with Crippen LogP contribution in [0.2, 0.25) is 0 Å². The molecule has 0 fully saturated rings. The van der Waals surface area contributed by atoms with Crippen molar-refractivity contribution in [3.05, 3.63) is 53.7 Å². The first kappa shape index (κ1) is 20.7. The van der Waals surface area contributed by atoms with E-state index in [2.05, 4.69) is 27.1 Å². The molecule has 0 bridgehead atoms. The maximum absolute atomic E-state index is 12.4. The second-order valence-corrected chi connectivity index (χ2v) is 8.07. The third-order valence-electron chi connectivity index (χ3n) is 3.81. The van der Waals surface area contributed by atoms with E-state index in [0.29, 0.717) is 28.1 Å². The Bertz CT molecular complexity index is 1030. The lowest BCUT2D eigenvalue weighted by molar-refractivity contribution is -0.113. The fraction of sp³-hybridized carbons (Fsp3) is 0.211. The average molecular weight is 430 g/mol. The number of nitrogens with one attached hydrogen (secondary N) is 1. The normalized spacial score (nSPS) is 10.6. The van der Waals surface area contributed by atoms with Crippen LogP contribution >= 0.6 is 23.1 Å². The lowest BCUT2D eigenvalue weighted by Crippen LogP contribution is -2.16. The summed E-state index contributed by atoms with van der Waals surface area (Å²) < 4.78 is 6.65. The van der Waals surface area contributed by atoms with E-state index in [9.17, 15) is 9.59 Å². The highest BCUT2D eigenvalue weighted by molar-refractivity contribution is 7.99. The first-order valence-corrected chi connectivity index (χ1v) is 10.4. The molecule has 0 spiro atoms. The highest BCUT2D eigenvalue weighted by atomic mass is 32.2. The Labute approximate surface area is 176 Å². The summed E-state index contributed by atoms with van der Waals surface area (Å²) in [7, 11) is 1.31. The molecule has 3 aromatic heterocycles. The number of rotatable bonds is 8. The van der Waals surface area contributed by atoms with Crippen LogP contribution < -0.4 is 5.32 Å². The molecule has 0 saturated carbocycles. The molecule has 1 amide bonds. The molecule has 3 heterocycles. The van der Waals surface area contributed by atoms with E-state index < -0.39 is 5.97 Å². The van der Waals surface area contributed by atoms with Crippen molar-refractivity contribution in [2.24, 2.45) is 0 Å². The molecule has 150 valence electrons. The van der Waals surface area contributed by atoms with Crippen LogP contribution in [0.25, 0.3) is 11.4 Å². The molecular formula is C19H19N5O3S2. The van der Waals surface area contributed by atoms with Gasteiger partial charge in [0.25, 0.3) is 0 Å². The number of carbonyl (C=O) groups is 2. The lowest BCUT2D eigenvalue weighted by atomic mass is 10.2. The van der Waals surface area contributed by atoms with E-state index in [1.54, 1.807) is 24.5 Å². The van der Waals surface area contributed by atoms with Crippen molar-refractivity contribution < 1.29 is 14.3 Å². The fourth-order valence-corrected chi connectivity index (χ4v) is 4.23. The first-order valence-electron chi connectivity index (χ1n) is 8.59. The Morgan fingerprint density at radius 1 is 1.34 bits per heavy atom. The van der Waals surface area contributed by atoms with Gasteiger partial charge in [0.15, 0.2) is 11.0 Å². The molecule has 0 radical (unpaired) electrons. The van der Waals surface area contributed by atoms with E-state index in [4.69, 9.17) is 4.74 Å². The van der Waals surface area contributed by atoms with E-state index in [0.717, 1.165) is 10.4 Å². The summed E-state index contributed by atoms with van der Waals surface area (Å²) >= 11 is 2.59. The van der Waals surface area contributed by atoms with Crippen molar-refractivity contribution in [3.63, 3.8) is 0 Å². The molecule has 0 unspecified atom stereocenters. The predicted octanol–water partition coefficient (Wildman–Crippen LogP) is 3.41. The number of esters is 1.